The molecule has 0 bridgehead atoms. The Bertz CT molecular complexity index is 967. The van der Waals surface area contributed by atoms with Crippen molar-refractivity contribution in [3.8, 4) is 11.5 Å². The van der Waals surface area contributed by atoms with Gasteiger partial charge in [0, 0.05) is 17.7 Å². The number of ether oxygens (including phenoxy) is 2. The molecule has 0 saturated heterocycles. The van der Waals surface area contributed by atoms with Crippen molar-refractivity contribution in [1.29, 1.82) is 0 Å². The van der Waals surface area contributed by atoms with Gasteiger partial charge in [0.1, 0.15) is 0 Å². The maximum Gasteiger partial charge on any atom is 0.302 e. The van der Waals surface area contributed by atoms with Crippen LogP contribution in [0.15, 0.2) is 47.6 Å². The van der Waals surface area contributed by atoms with Crippen LogP contribution >= 0.6 is 11.8 Å². The van der Waals surface area contributed by atoms with Crippen molar-refractivity contribution in [2.75, 3.05) is 14.0 Å². The summed E-state index contributed by atoms with van der Waals surface area (Å²) in [6, 6.07) is 11.1. The SMILES string of the molecule is CCC1SC(=O)N(Cc2ccc([N+](=O)[O-])cc2)N=C1c1ccc(OC)c(OCF)c1. The van der Waals surface area contributed by atoms with Crippen molar-refractivity contribution in [3.05, 3.63) is 63.7 Å². The molecule has 0 saturated carbocycles. The van der Waals surface area contributed by atoms with E-state index < -0.39 is 11.8 Å². The van der Waals surface area contributed by atoms with Gasteiger partial charge in [-0.15, -0.1) is 0 Å². The highest BCUT2D eigenvalue weighted by Gasteiger charge is 2.30. The number of benzene rings is 2. The minimum absolute atomic E-state index is 0.0213. The Labute approximate surface area is 176 Å². The number of alkyl halides is 1. The largest absolute Gasteiger partial charge is 0.493 e. The summed E-state index contributed by atoms with van der Waals surface area (Å²) in [5, 5.41) is 16.3. The van der Waals surface area contributed by atoms with Crippen LogP contribution < -0.4 is 9.47 Å². The zero-order valence-corrected chi connectivity index (χ0v) is 17.2. The van der Waals surface area contributed by atoms with E-state index in [0.717, 1.165) is 11.8 Å². The van der Waals surface area contributed by atoms with Crippen LogP contribution in [0, 0.1) is 10.1 Å². The van der Waals surface area contributed by atoms with Gasteiger partial charge in [-0.25, -0.2) is 9.40 Å². The van der Waals surface area contributed by atoms with Crippen LogP contribution in [0.4, 0.5) is 14.9 Å². The van der Waals surface area contributed by atoms with Crippen molar-refractivity contribution in [3.63, 3.8) is 0 Å². The number of halogens is 1. The molecule has 2 aromatic carbocycles. The first-order chi connectivity index (χ1) is 14.5. The number of amides is 1. The number of methoxy groups -OCH3 is 1. The smallest absolute Gasteiger partial charge is 0.302 e. The average Bonchev–Trinajstić information content (AvgIpc) is 2.75. The molecule has 0 fully saturated rings. The summed E-state index contributed by atoms with van der Waals surface area (Å²) in [5.41, 5.74) is 2.05. The van der Waals surface area contributed by atoms with Gasteiger partial charge in [-0.1, -0.05) is 30.8 Å². The molecule has 8 nitrogen and oxygen atoms in total. The van der Waals surface area contributed by atoms with Crippen LogP contribution in [0.2, 0.25) is 0 Å². The monoisotopic (exact) mass is 433 g/mol. The molecule has 158 valence electrons. The van der Waals surface area contributed by atoms with Crippen molar-refractivity contribution in [2.45, 2.75) is 25.1 Å². The van der Waals surface area contributed by atoms with Gasteiger partial charge in [0.05, 0.1) is 29.5 Å². The van der Waals surface area contributed by atoms with Crippen LogP contribution in [0.3, 0.4) is 0 Å². The van der Waals surface area contributed by atoms with Crippen LogP contribution in [0.5, 0.6) is 11.5 Å². The normalized spacial score (nSPS) is 16.2. The molecule has 1 unspecified atom stereocenters. The first-order valence-electron chi connectivity index (χ1n) is 9.14. The van der Waals surface area contributed by atoms with Crippen molar-refractivity contribution < 1.29 is 23.6 Å². The highest BCUT2D eigenvalue weighted by atomic mass is 32.2. The van der Waals surface area contributed by atoms with E-state index in [4.69, 9.17) is 9.47 Å². The lowest BCUT2D eigenvalue weighted by Gasteiger charge is -2.28. The first kappa shape index (κ1) is 21.6. The zero-order valence-electron chi connectivity index (χ0n) is 16.4. The van der Waals surface area contributed by atoms with Gasteiger partial charge in [0.2, 0.25) is 6.86 Å². The maximum atomic E-state index is 12.7. The van der Waals surface area contributed by atoms with Gasteiger partial charge in [-0.2, -0.15) is 5.10 Å². The molecule has 1 heterocycles. The summed E-state index contributed by atoms with van der Waals surface area (Å²) < 4.78 is 22.9. The highest BCUT2D eigenvalue weighted by Crippen LogP contribution is 2.34. The molecule has 3 rings (SSSR count). The Kier molecular flexibility index (Phi) is 6.88. The van der Waals surface area contributed by atoms with E-state index in [1.165, 1.54) is 24.3 Å². The summed E-state index contributed by atoms with van der Waals surface area (Å²) in [4.78, 5) is 22.9. The Balaban J connectivity index is 1.92. The molecule has 0 spiro atoms. The Hall–Kier alpha value is -3.14. The molecule has 0 N–H and O–H groups in total. The lowest BCUT2D eigenvalue weighted by atomic mass is 10.0. The fourth-order valence-electron chi connectivity index (χ4n) is 3.00. The highest BCUT2D eigenvalue weighted by molar-refractivity contribution is 8.14. The van der Waals surface area contributed by atoms with Crippen LogP contribution in [0.1, 0.15) is 24.5 Å². The molecule has 0 aromatic heterocycles. The number of thioether (sulfide) groups is 1. The van der Waals surface area contributed by atoms with E-state index in [0.29, 0.717) is 29.0 Å². The predicted molar refractivity (Wildman–Crippen MR) is 112 cm³/mol. The Morgan fingerprint density at radius 3 is 2.57 bits per heavy atom. The third-order valence-electron chi connectivity index (χ3n) is 4.51. The number of carbonyl (C=O) groups is 1. The van der Waals surface area contributed by atoms with Gasteiger partial charge < -0.3 is 9.47 Å². The number of hydrazone groups is 1. The van der Waals surface area contributed by atoms with Gasteiger partial charge in [0.15, 0.2) is 11.5 Å². The molecule has 1 amide bonds. The second-order valence-corrected chi connectivity index (χ2v) is 7.52. The summed E-state index contributed by atoms with van der Waals surface area (Å²) in [6.45, 7) is 1.13. The number of nitro benzene ring substituents is 1. The summed E-state index contributed by atoms with van der Waals surface area (Å²) >= 11 is 1.16. The van der Waals surface area contributed by atoms with Gasteiger partial charge in [-0.3, -0.25) is 14.9 Å². The van der Waals surface area contributed by atoms with E-state index in [-0.39, 0.29) is 28.5 Å². The minimum Gasteiger partial charge on any atom is -0.493 e. The third-order valence-corrected chi connectivity index (χ3v) is 5.76. The van der Waals surface area contributed by atoms with Gasteiger partial charge in [-0.05, 0) is 30.2 Å². The number of nitro groups is 1. The fourth-order valence-corrected chi connectivity index (χ4v) is 3.93. The quantitative estimate of drug-likeness (QED) is 0.440. The number of hydrogen-bond acceptors (Lipinski definition) is 7. The lowest BCUT2D eigenvalue weighted by Crippen LogP contribution is -2.34. The van der Waals surface area contributed by atoms with E-state index >= 15 is 0 Å². The van der Waals surface area contributed by atoms with Crippen molar-refractivity contribution in [2.24, 2.45) is 5.10 Å². The zero-order chi connectivity index (χ0) is 21.7. The summed E-state index contributed by atoms with van der Waals surface area (Å²) in [5.74, 6) is 0.645. The fraction of sp³-hybridized carbons (Fsp3) is 0.300. The van der Waals surface area contributed by atoms with Crippen molar-refractivity contribution in [1.82, 2.24) is 5.01 Å². The van der Waals surface area contributed by atoms with Crippen LogP contribution in [-0.4, -0.2) is 40.1 Å². The molecule has 30 heavy (non-hydrogen) atoms. The molecule has 10 heteroatoms. The predicted octanol–water partition coefficient (Wildman–Crippen LogP) is 4.76. The van der Waals surface area contributed by atoms with Crippen molar-refractivity contribution >= 4 is 28.4 Å². The van der Waals surface area contributed by atoms with E-state index in [9.17, 15) is 19.3 Å². The molecule has 1 aliphatic heterocycles. The number of rotatable bonds is 8. The minimum atomic E-state index is -0.997. The topological polar surface area (TPSA) is 94.3 Å². The van der Waals surface area contributed by atoms with E-state index in [1.807, 2.05) is 6.92 Å². The molecule has 0 aliphatic carbocycles. The molecule has 0 radical (unpaired) electrons. The van der Waals surface area contributed by atoms with E-state index in [1.54, 1.807) is 30.3 Å². The average molecular weight is 433 g/mol. The number of hydrogen-bond donors (Lipinski definition) is 0. The number of nitrogens with zero attached hydrogens (tertiary/aromatic N) is 3. The Morgan fingerprint density at radius 1 is 1.23 bits per heavy atom. The standard InChI is InChI=1S/C20H20FN3O5S/c1-3-18-19(14-6-9-16(28-2)17(10-14)29-12-21)22-23(20(25)30-18)11-13-4-7-15(8-5-13)24(26)27/h4-10,18H,3,11-12H2,1-2H3. The second kappa shape index (κ2) is 9.57. The first-order valence-corrected chi connectivity index (χ1v) is 10.0. The van der Waals surface area contributed by atoms with Crippen LogP contribution in [-0.2, 0) is 6.54 Å². The Morgan fingerprint density at radius 2 is 1.97 bits per heavy atom. The van der Waals surface area contributed by atoms with Gasteiger partial charge >= 0.3 is 5.24 Å². The second-order valence-electron chi connectivity index (χ2n) is 6.37. The molecular weight excluding hydrogens is 413 g/mol. The van der Waals surface area contributed by atoms with Crippen LogP contribution in [0.25, 0.3) is 0 Å². The molecule has 2 aromatic rings. The number of carbonyl (C=O) groups excluding carboxylic acids is 1. The molecule has 1 atom stereocenters. The third kappa shape index (κ3) is 4.70. The van der Waals surface area contributed by atoms with Gasteiger partial charge in [0.25, 0.3) is 5.69 Å². The summed E-state index contributed by atoms with van der Waals surface area (Å²) in [6.07, 6.45) is 0.673. The molecule has 1 aliphatic rings. The summed E-state index contributed by atoms with van der Waals surface area (Å²) in [7, 11) is 1.47. The number of non-ortho nitro benzene ring substituents is 1. The molecular formula is C20H20FN3O5S. The lowest BCUT2D eigenvalue weighted by molar-refractivity contribution is -0.384. The maximum absolute atomic E-state index is 12.7. The van der Waals surface area contributed by atoms with E-state index in [2.05, 4.69) is 5.10 Å².